The van der Waals surface area contributed by atoms with Gasteiger partial charge in [-0.1, -0.05) is 55.0 Å². The number of amides is 1. The Bertz CT molecular complexity index is 490. The molecule has 1 N–H and O–H groups in total. The Balaban J connectivity index is 2.28. The van der Waals surface area contributed by atoms with Gasteiger partial charge in [0.1, 0.15) is 5.75 Å². The van der Waals surface area contributed by atoms with Crippen LogP contribution in [-0.2, 0) is 4.79 Å². The van der Waals surface area contributed by atoms with E-state index in [-0.39, 0.29) is 5.91 Å². The first-order valence-electron chi connectivity index (χ1n) is 7.82. The van der Waals surface area contributed by atoms with E-state index < -0.39 is 0 Å². The van der Waals surface area contributed by atoms with Gasteiger partial charge in [-0.3, -0.25) is 4.79 Å². The minimum absolute atomic E-state index is 0.0363. The average Bonchev–Trinajstić information content (AvgIpc) is 2.52. The SMILES string of the molecule is CCCCCCCCC(=O)N/N=C/c1cc(OC)ccc1Br. The van der Waals surface area contributed by atoms with Gasteiger partial charge in [0, 0.05) is 16.5 Å². The second-order valence-corrected chi connectivity index (χ2v) is 6.05. The number of hydrogen-bond donors (Lipinski definition) is 1. The fourth-order valence-corrected chi connectivity index (χ4v) is 2.39. The second kappa shape index (κ2) is 11.2. The molecule has 5 heteroatoms. The monoisotopic (exact) mass is 368 g/mol. The number of hydrazone groups is 1. The quantitative estimate of drug-likeness (QED) is 0.371. The molecule has 0 atom stereocenters. The molecule has 0 unspecified atom stereocenters. The molecule has 0 aliphatic carbocycles. The van der Waals surface area contributed by atoms with E-state index in [0.29, 0.717) is 6.42 Å². The smallest absolute Gasteiger partial charge is 0.240 e. The highest BCUT2D eigenvalue weighted by atomic mass is 79.9. The van der Waals surface area contributed by atoms with Gasteiger partial charge in [0.15, 0.2) is 0 Å². The lowest BCUT2D eigenvalue weighted by molar-refractivity contribution is -0.121. The second-order valence-electron chi connectivity index (χ2n) is 5.20. The van der Waals surface area contributed by atoms with E-state index in [0.717, 1.165) is 28.6 Å². The van der Waals surface area contributed by atoms with Crippen molar-refractivity contribution in [2.75, 3.05) is 7.11 Å². The predicted molar refractivity (Wildman–Crippen MR) is 94.4 cm³/mol. The molecule has 0 aromatic heterocycles. The van der Waals surface area contributed by atoms with Crippen LogP contribution in [0, 0.1) is 0 Å². The summed E-state index contributed by atoms with van der Waals surface area (Å²) in [6.45, 7) is 2.20. The zero-order valence-electron chi connectivity index (χ0n) is 13.4. The zero-order valence-corrected chi connectivity index (χ0v) is 15.0. The van der Waals surface area contributed by atoms with Gasteiger partial charge in [-0.2, -0.15) is 5.10 Å². The van der Waals surface area contributed by atoms with Crippen LogP contribution in [0.5, 0.6) is 5.75 Å². The van der Waals surface area contributed by atoms with Crippen LogP contribution in [0.3, 0.4) is 0 Å². The molecule has 0 spiro atoms. The van der Waals surface area contributed by atoms with Gasteiger partial charge in [-0.15, -0.1) is 0 Å². The van der Waals surface area contributed by atoms with Crippen LogP contribution in [-0.4, -0.2) is 19.2 Å². The highest BCUT2D eigenvalue weighted by molar-refractivity contribution is 9.10. The van der Waals surface area contributed by atoms with Crippen molar-refractivity contribution in [1.29, 1.82) is 0 Å². The van der Waals surface area contributed by atoms with Gasteiger partial charge < -0.3 is 4.74 Å². The molecule has 122 valence electrons. The van der Waals surface area contributed by atoms with Crippen LogP contribution in [0.2, 0.25) is 0 Å². The van der Waals surface area contributed by atoms with Crippen LogP contribution in [0.25, 0.3) is 0 Å². The Labute approximate surface area is 141 Å². The van der Waals surface area contributed by atoms with Crippen molar-refractivity contribution in [3.8, 4) is 5.75 Å². The molecular formula is C17H25BrN2O2. The van der Waals surface area contributed by atoms with Crippen LogP contribution < -0.4 is 10.2 Å². The zero-order chi connectivity index (χ0) is 16.2. The van der Waals surface area contributed by atoms with Gasteiger partial charge in [0.25, 0.3) is 0 Å². The molecule has 1 amide bonds. The maximum Gasteiger partial charge on any atom is 0.240 e. The largest absolute Gasteiger partial charge is 0.497 e. The summed E-state index contributed by atoms with van der Waals surface area (Å²) < 4.78 is 6.07. The Morgan fingerprint density at radius 2 is 2.00 bits per heavy atom. The molecule has 0 radical (unpaired) electrons. The van der Waals surface area contributed by atoms with E-state index in [1.807, 2.05) is 18.2 Å². The third kappa shape index (κ3) is 7.59. The maximum atomic E-state index is 11.7. The van der Waals surface area contributed by atoms with Gasteiger partial charge in [0.2, 0.25) is 5.91 Å². The number of unbranched alkanes of at least 4 members (excludes halogenated alkanes) is 5. The number of halogens is 1. The van der Waals surface area contributed by atoms with E-state index in [2.05, 4.69) is 33.4 Å². The molecule has 0 aliphatic rings. The van der Waals surface area contributed by atoms with E-state index in [9.17, 15) is 4.79 Å². The summed E-state index contributed by atoms with van der Waals surface area (Å²) in [5.74, 6) is 0.716. The maximum absolute atomic E-state index is 11.7. The average molecular weight is 369 g/mol. The molecule has 0 saturated heterocycles. The lowest BCUT2D eigenvalue weighted by Gasteiger charge is -2.03. The summed E-state index contributed by atoms with van der Waals surface area (Å²) in [4.78, 5) is 11.7. The fourth-order valence-electron chi connectivity index (χ4n) is 2.04. The number of hydrogen-bond acceptors (Lipinski definition) is 3. The molecule has 22 heavy (non-hydrogen) atoms. The molecule has 0 saturated carbocycles. The lowest BCUT2D eigenvalue weighted by Crippen LogP contribution is -2.16. The number of benzene rings is 1. The summed E-state index contributed by atoms with van der Waals surface area (Å²) >= 11 is 3.44. The number of nitrogens with one attached hydrogen (secondary N) is 1. The van der Waals surface area contributed by atoms with Gasteiger partial charge in [-0.25, -0.2) is 5.43 Å². The molecule has 0 fully saturated rings. The van der Waals surface area contributed by atoms with Crippen molar-refractivity contribution in [3.63, 3.8) is 0 Å². The highest BCUT2D eigenvalue weighted by Gasteiger charge is 2.01. The molecule has 4 nitrogen and oxygen atoms in total. The normalized spacial score (nSPS) is 10.9. The van der Waals surface area contributed by atoms with Crippen LogP contribution >= 0.6 is 15.9 Å². The van der Waals surface area contributed by atoms with Crippen molar-refractivity contribution in [2.24, 2.45) is 5.10 Å². The Morgan fingerprint density at radius 1 is 1.27 bits per heavy atom. The number of carbonyl (C=O) groups is 1. The summed E-state index contributed by atoms with van der Waals surface area (Å²) in [6, 6.07) is 5.60. The van der Waals surface area contributed by atoms with Crippen molar-refractivity contribution in [2.45, 2.75) is 51.9 Å². The summed E-state index contributed by atoms with van der Waals surface area (Å²) in [5.41, 5.74) is 3.43. The van der Waals surface area contributed by atoms with Crippen LogP contribution in [0.15, 0.2) is 27.8 Å². The number of methoxy groups -OCH3 is 1. The van der Waals surface area contributed by atoms with Crippen LogP contribution in [0.4, 0.5) is 0 Å². The third-order valence-corrected chi connectivity index (χ3v) is 4.08. The van der Waals surface area contributed by atoms with Gasteiger partial charge in [-0.05, 0) is 24.6 Å². The summed E-state index contributed by atoms with van der Waals surface area (Å²) in [7, 11) is 1.62. The van der Waals surface area contributed by atoms with Crippen molar-refractivity contribution < 1.29 is 9.53 Å². The number of nitrogens with zero attached hydrogens (tertiary/aromatic N) is 1. The molecule has 0 bridgehead atoms. The number of ether oxygens (including phenoxy) is 1. The Kier molecular flexibility index (Phi) is 9.55. The fraction of sp³-hybridized carbons (Fsp3) is 0.529. The molecule has 1 rings (SSSR count). The standard InChI is InChI=1S/C17H25BrN2O2/c1-3-4-5-6-7-8-9-17(21)20-19-13-14-12-15(22-2)10-11-16(14)18/h10-13H,3-9H2,1-2H3,(H,20,21)/b19-13+. The van der Waals surface area contributed by atoms with E-state index in [1.165, 1.54) is 25.7 Å². The van der Waals surface area contributed by atoms with E-state index >= 15 is 0 Å². The highest BCUT2D eigenvalue weighted by Crippen LogP contribution is 2.20. The van der Waals surface area contributed by atoms with Gasteiger partial charge in [0.05, 0.1) is 13.3 Å². The minimum atomic E-state index is -0.0363. The summed E-state index contributed by atoms with van der Waals surface area (Å²) in [6.07, 6.45) is 9.18. The first-order valence-corrected chi connectivity index (χ1v) is 8.62. The Hall–Kier alpha value is -1.36. The molecule has 1 aromatic rings. The molecule has 0 heterocycles. The van der Waals surface area contributed by atoms with E-state index in [1.54, 1.807) is 13.3 Å². The third-order valence-electron chi connectivity index (χ3n) is 3.35. The lowest BCUT2D eigenvalue weighted by atomic mass is 10.1. The van der Waals surface area contributed by atoms with Gasteiger partial charge >= 0.3 is 0 Å². The minimum Gasteiger partial charge on any atom is -0.497 e. The summed E-state index contributed by atoms with van der Waals surface area (Å²) in [5, 5.41) is 4.00. The van der Waals surface area contributed by atoms with Crippen LogP contribution in [0.1, 0.15) is 57.4 Å². The Morgan fingerprint density at radius 3 is 2.73 bits per heavy atom. The predicted octanol–water partition coefficient (Wildman–Crippen LogP) is 4.66. The first-order chi connectivity index (χ1) is 10.7. The molecule has 0 aliphatic heterocycles. The van der Waals surface area contributed by atoms with Crippen molar-refractivity contribution in [1.82, 2.24) is 5.43 Å². The molecular weight excluding hydrogens is 344 g/mol. The number of rotatable bonds is 10. The van der Waals surface area contributed by atoms with Crippen molar-refractivity contribution >= 4 is 28.1 Å². The first kappa shape index (κ1) is 18.7. The topological polar surface area (TPSA) is 50.7 Å². The number of carbonyl (C=O) groups excluding carboxylic acids is 1. The molecule has 1 aromatic carbocycles. The van der Waals surface area contributed by atoms with E-state index in [4.69, 9.17) is 4.74 Å². The van der Waals surface area contributed by atoms with Crippen molar-refractivity contribution in [3.05, 3.63) is 28.2 Å².